The zero-order chi connectivity index (χ0) is 18.6. The van der Waals surface area contributed by atoms with Crippen LogP contribution in [0.5, 0.6) is 0 Å². The van der Waals surface area contributed by atoms with Crippen LogP contribution in [0.1, 0.15) is 16.2 Å². The molecule has 2 aromatic carbocycles. The zero-order valence-corrected chi connectivity index (χ0v) is 15.7. The molecular weight excluding hydrogens is 408 g/mol. The molecule has 4 rings (SSSR count). The van der Waals surface area contributed by atoms with Crippen LogP contribution in [-0.2, 0) is 6.54 Å². The molecule has 0 bridgehead atoms. The first-order valence-electron chi connectivity index (χ1n) is 8.25. The molecule has 0 radical (unpaired) electrons. The summed E-state index contributed by atoms with van der Waals surface area (Å²) in [6.45, 7) is 0.223. The van der Waals surface area contributed by atoms with Gasteiger partial charge in [0.05, 0.1) is 12.2 Å². The fraction of sp³-hybridized carbons (Fsp3) is 0.0526. The Balaban J connectivity index is 1.44. The van der Waals surface area contributed by atoms with Gasteiger partial charge < -0.3 is 9.88 Å². The van der Waals surface area contributed by atoms with Crippen molar-refractivity contribution in [1.82, 2.24) is 30.1 Å². The predicted octanol–water partition coefficient (Wildman–Crippen LogP) is 3.15. The van der Waals surface area contributed by atoms with E-state index >= 15 is 0 Å². The molecule has 134 valence electrons. The number of carbonyl (C=O) groups is 1. The van der Waals surface area contributed by atoms with Crippen LogP contribution in [0.15, 0.2) is 77.5 Å². The first-order chi connectivity index (χ1) is 13.2. The monoisotopic (exact) mass is 422 g/mol. The zero-order valence-electron chi connectivity index (χ0n) is 14.2. The number of benzene rings is 2. The lowest BCUT2D eigenvalue weighted by atomic mass is 10.2. The molecule has 2 heterocycles. The molecule has 0 aliphatic carbocycles. The molecule has 1 N–H and O–H groups in total. The van der Waals surface area contributed by atoms with Crippen molar-refractivity contribution < 1.29 is 4.79 Å². The topological polar surface area (TPSA) is 77.6 Å². The third-order valence-corrected chi connectivity index (χ3v) is 4.57. The standard InChI is InChI=1S/C19H15BrN6O/c20-15-5-9-17(10-6-15)26-18(22-23-24-26)13-21-19(27)14-3-7-16(8-4-14)25-11-1-2-12-25/h1-12H,13H2,(H,21,27). The summed E-state index contributed by atoms with van der Waals surface area (Å²) in [7, 11) is 0. The summed E-state index contributed by atoms with van der Waals surface area (Å²) >= 11 is 3.40. The second-order valence-corrected chi connectivity index (χ2v) is 6.72. The molecule has 4 aromatic rings. The fourth-order valence-corrected chi connectivity index (χ4v) is 2.92. The smallest absolute Gasteiger partial charge is 0.251 e. The van der Waals surface area contributed by atoms with Crippen molar-refractivity contribution in [3.63, 3.8) is 0 Å². The van der Waals surface area contributed by atoms with Crippen molar-refractivity contribution in [3.8, 4) is 11.4 Å². The maximum Gasteiger partial charge on any atom is 0.251 e. The fourth-order valence-electron chi connectivity index (χ4n) is 2.65. The highest BCUT2D eigenvalue weighted by molar-refractivity contribution is 9.10. The first-order valence-corrected chi connectivity index (χ1v) is 9.05. The molecule has 0 unspecified atom stereocenters. The van der Waals surface area contributed by atoms with E-state index < -0.39 is 0 Å². The summed E-state index contributed by atoms with van der Waals surface area (Å²) in [5, 5.41) is 14.6. The number of halogens is 1. The highest BCUT2D eigenvalue weighted by atomic mass is 79.9. The van der Waals surface area contributed by atoms with Gasteiger partial charge in [0, 0.05) is 28.1 Å². The van der Waals surface area contributed by atoms with Gasteiger partial charge in [0.15, 0.2) is 5.82 Å². The number of hydrogen-bond acceptors (Lipinski definition) is 4. The Labute approximate surface area is 163 Å². The number of tetrazole rings is 1. The Bertz CT molecular complexity index is 1040. The third-order valence-electron chi connectivity index (χ3n) is 4.04. The first kappa shape index (κ1) is 17.2. The molecule has 0 aliphatic rings. The van der Waals surface area contributed by atoms with Crippen molar-refractivity contribution in [2.24, 2.45) is 0 Å². The van der Waals surface area contributed by atoms with E-state index in [4.69, 9.17) is 0 Å². The quantitative estimate of drug-likeness (QED) is 0.535. The number of hydrogen-bond donors (Lipinski definition) is 1. The molecule has 27 heavy (non-hydrogen) atoms. The van der Waals surface area contributed by atoms with Gasteiger partial charge >= 0.3 is 0 Å². The second kappa shape index (κ2) is 7.55. The number of aromatic nitrogens is 5. The minimum atomic E-state index is -0.181. The van der Waals surface area contributed by atoms with Crippen LogP contribution >= 0.6 is 15.9 Å². The number of amides is 1. The normalized spacial score (nSPS) is 10.7. The van der Waals surface area contributed by atoms with Crippen LogP contribution in [0, 0.1) is 0 Å². The second-order valence-electron chi connectivity index (χ2n) is 5.80. The van der Waals surface area contributed by atoms with Gasteiger partial charge in [-0.2, -0.15) is 4.68 Å². The minimum absolute atomic E-state index is 0.181. The van der Waals surface area contributed by atoms with Gasteiger partial charge in [-0.1, -0.05) is 15.9 Å². The Hall–Kier alpha value is -3.26. The Morgan fingerprint density at radius 3 is 2.33 bits per heavy atom. The summed E-state index contributed by atoms with van der Waals surface area (Å²) in [4.78, 5) is 12.4. The van der Waals surface area contributed by atoms with E-state index in [2.05, 4.69) is 36.8 Å². The molecule has 1 amide bonds. The Kier molecular flexibility index (Phi) is 4.80. The van der Waals surface area contributed by atoms with E-state index in [1.807, 2.05) is 65.5 Å². The SMILES string of the molecule is O=C(NCc1nnnn1-c1ccc(Br)cc1)c1ccc(-n2cccc2)cc1. The lowest BCUT2D eigenvalue weighted by molar-refractivity contribution is 0.0949. The van der Waals surface area contributed by atoms with E-state index in [0.29, 0.717) is 11.4 Å². The molecule has 0 saturated heterocycles. The lowest BCUT2D eigenvalue weighted by Gasteiger charge is -2.08. The van der Waals surface area contributed by atoms with Crippen molar-refractivity contribution in [2.45, 2.75) is 6.54 Å². The molecule has 0 aliphatic heterocycles. The maximum absolute atomic E-state index is 12.4. The summed E-state index contributed by atoms with van der Waals surface area (Å²) in [6, 6.07) is 18.9. The van der Waals surface area contributed by atoms with Crippen molar-refractivity contribution >= 4 is 21.8 Å². The van der Waals surface area contributed by atoms with Gasteiger partial charge in [0.1, 0.15) is 0 Å². The average molecular weight is 423 g/mol. The highest BCUT2D eigenvalue weighted by Gasteiger charge is 2.11. The van der Waals surface area contributed by atoms with E-state index in [0.717, 1.165) is 15.8 Å². The maximum atomic E-state index is 12.4. The number of rotatable bonds is 5. The van der Waals surface area contributed by atoms with Crippen LogP contribution in [0.2, 0.25) is 0 Å². The molecule has 0 spiro atoms. The average Bonchev–Trinajstić information content (AvgIpc) is 3.39. The highest BCUT2D eigenvalue weighted by Crippen LogP contribution is 2.14. The molecule has 7 nitrogen and oxygen atoms in total. The lowest BCUT2D eigenvalue weighted by Crippen LogP contribution is -2.24. The van der Waals surface area contributed by atoms with E-state index in [-0.39, 0.29) is 12.5 Å². The van der Waals surface area contributed by atoms with Gasteiger partial charge in [-0.25, -0.2) is 0 Å². The Morgan fingerprint density at radius 1 is 0.963 bits per heavy atom. The van der Waals surface area contributed by atoms with Gasteiger partial charge in [0.2, 0.25) is 0 Å². The van der Waals surface area contributed by atoms with E-state index in [1.165, 1.54) is 0 Å². The molecule has 0 atom stereocenters. The van der Waals surface area contributed by atoms with Crippen molar-refractivity contribution in [3.05, 3.63) is 88.9 Å². The van der Waals surface area contributed by atoms with Crippen LogP contribution in [-0.4, -0.2) is 30.7 Å². The largest absolute Gasteiger partial charge is 0.345 e. The van der Waals surface area contributed by atoms with Gasteiger partial charge in [0.25, 0.3) is 5.91 Å². The molecule has 8 heteroatoms. The predicted molar refractivity (Wildman–Crippen MR) is 104 cm³/mol. The summed E-state index contributed by atoms with van der Waals surface area (Å²) in [5.41, 5.74) is 2.40. The van der Waals surface area contributed by atoms with Gasteiger partial charge in [-0.3, -0.25) is 4.79 Å². The molecule has 0 fully saturated rings. The number of carbonyl (C=O) groups excluding carboxylic acids is 1. The van der Waals surface area contributed by atoms with Crippen LogP contribution in [0.3, 0.4) is 0 Å². The third kappa shape index (κ3) is 3.80. The van der Waals surface area contributed by atoms with Crippen LogP contribution in [0.25, 0.3) is 11.4 Å². The Morgan fingerprint density at radius 2 is 1.63 bits per heavy atom. The van der Waals surface area contributed by atoms with Crippen LogP contribution < -0.4 is 5.32 Å². The minimum Gasteiger partial charge on any atom is -0.345 e. The molecular formula is C19H15BrN6O. The van der Waals surface area contributed by atoms with Crippen molar-refractivity contribution in [2.75, 3.05) is 0 Å². The van der Waals surface area contributed by atoms with E-state index in [9.17, 15) is 4.79 Å². The summed E-state index contributed by atoms with van der Waals surface area (Å²) in [5.74, 6) is 0.369. The number of nitrogens with one attached hydrogen (secondary N) is 1. The van der Waals surface area contributed by atoms with Gasteiger partial charge in [-0.15, -0.1) is 5.10 Å². The summed E-state index contributed by atoms with van der Waals surface area (Å²) in [6.07, 6.45) is 3.91. The molecule has 0 saturated carbocycles. The van der Waals surface area contributed by atoms with Crippen molar-refractivity contribution in [1.29, 1.82) is 0 Å². The number of nitrogens with zero attached hydrogens (tertiary/aromatic N) is 5. The summed E-state index contributed by atoms with van der Waals surface area (Å²) < 4.78 is 4.55. The van der Waals surface area contributed by atoms with E-state index in [1.54, 1.807) is 16.8 Å². The van der Waals surface area contributed by atoms with Crippen LogP contribution in [0.4, 0.5) is 0 Å². The van der Waals surface area contributed by atoms with Gasteiger partial charge in [-0.05, 0) is 71.1 Å². The molecule has 2 aromatic heterocycles.